The van der Waals surface area contributed by atoms with Crippen molar-refractivity contribution in [3.63, 3.8) is 0 Å². The molecule has 0 spiro atoms. The van der Waals surface area contributed by atoms with Gasteiger partial charge in [0.1, 0.15) is 28.0 Å². The topological polar surface area (TPSA) is 89.6 Å². The Labute approximate surface area is 108 Å². The lowest BCUT2D eigenvalue weighted by atomic mass is 10.4. The fraction of sp³-hybridized carbons (Fsp3) is 0.273. The minimum Gasteiger partial charge on any atom is -0.308 e. The van der Waals surface area contributed by atoms with Gasteiger partial charge in [0.25, 0.3) is 0 Å². The summed E-state index contributed by atoms with van der Waals surface area (Å²) >= 11 is 1.48. The first kappa shape index (κ1) is 11.4. The van der Waals surface area contributed by atoms with E-state index in [1.165, 1.54) is 18.1 Å². The molecule has 0 radical (unpaired) electrons. The average molecular weight is 260 g/mol. The molecule has 2 heterocycles. The molecule has 0 amide bonds. The summed E-state index contributed by atoms with van der Waals surface area (Å²) in [6, 6.07) is 3.66. The van der Waals surface area contributed by atoms with E-state index >= 15 is 0 Å². The lowest BCUT2D eigenvalue weighted by molar-refractivity contribution is 0.876. The SMILES string of the molecule is NNc1cc(Sc2ccncn2)nc(C2CC2)n1. The summed E-state index contributed by atoms with van der Waals surface area (Å²) in [6.45, 7) is 0. The van der Waals surface area contributed by atoms with Crippen molar-refractivity contribution >= 4 is 17.6 Å². The molecule has 2 aromatic heterocycles. The number of anilines is 1. The van der Waals surface area contributed by atoms with Crippen LogP contribution < -0.4 is 11.3 Å². The van der Waals surface area contributed by atoms with Crippen LogP contribution in [0.15, 0.2) is 34.7 Å². The molecule has 6 nitrogen and oxygen atoms in total. The molecule has 3 rings (SSSR count). The molecule has 1 saturated carbocycles. The number of hydrogen-bond acceptors (Lipinski definition) is 7. The maximum absolute atomic E-state index is 5.43. The second kappa shape index (κ2) is 4.87. The Morgan fingerprint density at radius 3 is 2.83 bits per heavy atom. The van der Waals surface area contributed by atoms with Crippen molar-refractivity contribution in [2.24, 2.45) is 5.84 Å². The molecule has 1 aliphatic rings. The quantitative estimate of drug-likeness (QED) is 0.490. The molecule has 18 heavy (non-hydrogen) atoms. The number of nitrogens with zero attached hydrogens (tertiary/aromatic N) is 4. The Morgan fingerprint density at radius 2 is 2.17 bits per heavy atom. The van der Waals surface area contributed by atoms with Crippen LogP contribution in [0.5, 0.6) is 0 Å². The molecule has 0 aromatic carbocycles. The van der Waals surface area contributed by atoms with Crippen LogP contribution in [0.25, 0.3) is 0 Å². The summed E-state index contributed by atoms with van der Waals surface area (Å²) < 4.78 is 0. The van der Waals surface area contributed by atoms with E-state index in [0.717, 1.165) is 28.7 Å². The molecule has 0 unspecified atom stereocenters. The number of nitrogens with one attached hydrogen (secondary N) is 1. The summed E-state index contributed by atoms with van der Waals surface area (Å²) in [5.74, 6) is 7.42. The molecular weight excluding hydrogens is 248 g/mol. The third-order valence-corrected chi connectivity index (χ3v) is 3.44. The van der Waals surface area contributed by atoms with E-state index in [1.54, 1.807) is 6.20 Å². The number of nitrogens with two attached hydrogens (primary N) is 1. The van der Waals surface area contributed by atoms with Gasteiger partial charge in [-0.1, -0.05) is 0 Å². The Morgan fingerprint density at radius 1 is 1.28 bits per heavy atom. The van der Waals surface area contributed by atoms with E-state index in [9.17, 15) is 0 Å². The Balaban J connectivity index is 1.88. The number of nitrogen functional groups attached to an aromatic ring is 1. The minimum absolute atomic E-state index is 0.489. The fourth-order valence-corrected chi connectivity index (χ4v) is 2.29. The second-order valence-corrected chi connectivity index (χ2v) is 5.06. The molecule has 1 fully saturated rings. The van der Waals surface area contributed by atoms with Crippen LogP contribution in [-0.4, -0.2) is 19.9 Å². The van der Waals surface area contributed by atoms with Crippen LogP contribution >= 0.6 is 11.8 Å². The number of aromatic nitrogens is 4. The molecule has 7 heteroatoms. The highest BCUT2D eigenvalue weighted by Crippen LogP contribution is 2.39. The molecular formula is C11H12N6S. The van der Waals surface area contributed by atoms with Crippen LogP contribution in [0.2, 0.25) is 0 Å². The first-order valence-electron chi connectivity index (χ1n) is 5.64. The summed E-state index contributed by atoms with van der Waals surface area (Å²) in [5.41, 5.74) is 2.58. The summed E-state index contributed by atoms with van der Waals surface area (Å²) in [5, 5.41) is 1.70. The van der Waals surface area contributed by atoms with Gasteiger partial charge >= 0.3 is 0 Å². The van der Waals surface area contributed by atoms with Crippen molar-refractivity contribution in [3.05, 3.63) is 30.5 Å². The monoisotopic (exact) mass is 260 g/mol. The van der Waals surface area contributed by atoms with Crippen LogP contribution in [0.1, 0.15) is 24.6 Å². The average Bonchev–Trinajstić information content (AvgIpc) is 3.24. The summed E-state index contributed by atoms with van der Waals surface area (Å²) in [4.78, 5) is 16.9. The summed E-state index contributed by atoms with van der Waals surface area (Å²) in [6.07, 6.45) is 5.55. The first-order chi connectivity index (χ1) is 8.85. The highest BCUT2D eigenvalue weighted by Gasteiger charge is 2.27. The smallest absolute Gasteiger partial charge is 0.144 e. The second-order valence-electron chi connectivity index (χ2n) is 4.02. The van der Waals surface area contributed by atoms with Crippen LogP contribution in [0, 0.1) is 0 Å². The molecule has 2 aromatic rings. The van der Waals surface area contributed by atoms with Crippen molar-refractivity contribution in [3.8, 4) is 0 Å². The highest BCUT2D eigenvalue weighted by molar-refractivity contribution is 7.99. The van der Waals surface area contributed by atoms with Gasteiger partial charge < -0.3 is 5.43 Å². The Hall–Kier alpha value is -1.73. The standard InChI is InChI=1S/C11H12N6S/c12-17-8-5-10(16-11(15-8)7-1-2-7)18-9-3-4-13-6-14-9/h3-7H,1-2,12H2,(H,15,16,17). The molecule has 0 saturated heterocycles. The van der Waals surface area contributed by atoms with E-state index in [2.05, 4.69) is 25.4 Å². The normalized spacial score (nSPS) is 14.5. The van der Waals surface area contributed by atoms with Crippen molar-refractivity contribution in [1.29, 1.82) is 0 Å². The number of hydrazine groups is 1. The maximum Gasteiger partial charge on any atom is 0.144 e. The molecule has 3 N–H and O–H groups in total. The van der Waals surface area contributed by atoms with E-state index in [4.69, 9.17) is 5.84 Å². The molecule has 0 aliphatic heterocycles. The van der Waals surface area contributed by atoms with Gasteiger partial charge in [-0.2, -0.15) is 0 Å². The number of rotatable bonds is 4. The lowest BCUT2D eigenvalue weighted by Crippen LogP contribution is -2.10. The fourth-order valence-electron chi connectivity index (χ4n) is 1.54. The molecule has 92 valence electrons. The zero-order valence-corrected chi connectivity index (χ0v) is 10.4. The largest absolute Gasteiger partial charge is 0.308 e. The van der Waals surface area contributed by atoms with E-state index in [0.29, 0.717) is 11.7 Å². The van der Waals surface area contributed by atoms with Crippen LogP contribution in [-0.2, 0) is 0 Å². The predicted molar refractivity (Wildman–Crippen MR) is 68.0 cm³/mol. The van der Waals surface area contributed by atoms with Gasteiger partial charge in [0.2, 0.25) is 0 Å². The van der Waals surface area contributed by atoms with E-state index in [-0.39, 0.29) is 0 Å². The van der Waals surface area contributed by atoms with Gasteiger partial charge in [-0.05, 0) is 30.7 Å². The van der Waals surface area contributed by atoms with Gasteiger partial charge in [-0.15, -0.1) is 0 Å². The molecule has 0 atom stereocenters. The first-order valence-corrected chi connectivity index (χ1v) is 6.46. The summed E-state index contributed by atoms with van der Waals surface area (Å²) in [7, 11) is 0. The Bertz CT molecular complexity index is 542. The van der Waals surface area contributed by atoms with Crippen molar-refractivity contribution in [2.75, 3.05) is 5.43 Å². The zero-order chi connectivity index (χ0) is 12.4. The van der Waals surface area contributed by atoms with Crippen LogP contribution in [0.4, 0.5) is 5.82 Å². The van der Waals surface area contributed by atoms with Crippen LogP contribution in [0.3, 0.4) is 0 Å². The molecule has 0 bridgehead atoms. The van der Waals surface area contributed by atoms with Gasteiger partial charge in [0.05, 0.1) is 0 Å². The predicted octanol–water partition coefficient (Wildman–Crippen LogP) is 1.58. The molecule has 1 aliphatic carbocycles. The van der Waals surface area contributed by atoms with E-state index < -0.39 is 0 Å². The van der Waals surface area contributed by atoms with Crippen molar-refractivity contribution in [2.45, 2.75) is 28.8 Å². The van der Waals surface area contributed by atoms with E-state index in [1.807, 2.05) is 12.1 Å². The lowest BCUT2D eigenvalue weighted by Gasteiger charge is -2.06. The van der Waals surface area contributed by atoms with Gasteiger partial charge in [-0.25, -0.2) is 25.8 Å². The Kier molecular flexibility index (Phi) is 3.07. The minimum atomic E-state index is 0.489. The van der Waals surface area contributed by atoms with Gasteiger partial charge in [0, 0.05) is 18.2 Å². The van der Waals surface area contributed by atoms with Gasteiger partial charge in [0.15, 0.2) is 0 Å². The van der Waals surface area contributed by atoms with Crippen molar-refractivity contribution < 1.29 is 0 Å². The zero-order valence-electron chi connectivity index (χ0n) is 9.58. The number of hydrogen-bond donors (Lipinski definition) is 2. The maximum atomic E-state index is 5.43. The highest BCUT2D eigenvalue weighted by atomic mass is 32.2. The third kappa shape index (κ3) is 2.57. The van der Waals surface area contributed by atoms with Gasteiger partial charge in [-0.3, -0.25) is 0 Å². The third-order valence-electron chi connectivity index (χ3n) is 2.57. The van der Waals surface area contributed by atoms with Crippen molar-refractivity contribution in [1.82, 2.24) is 19.9 Å².